The maximum atomic E-state index is 13.7. The molecular formula is C29H33ClN2O2. The van der Waals surface area contributed by atoms with Crippen LogP contribution in [0.15, 0.2) is 78.9 Å². The maximum absolute atomic E-state index is 13.7. The SMILES string of the molecule is CCCCNC(=O)C(Cc1ccccc1)N(Cc1cccc(Cl)c1)C(=O)Cc1ccccc1C. The number of hydrogen-bond donors (Lipinski definition) is 1. The number of nitrogens with one attached hydrogen (secondary N) is 1. The van der Waals surface area contributed by atoms with Crippen molar-refractivity contribution in [3.05, 3.63) is 106 Å². The fourth-order valence-corrected chi connectivity index (χ4v) is 4.18. The fraction of sp³-hybridized carbons (Fsp3) is 0.310. The number of halogens is 1. The molecule has 34 heavy (non-hydrogen) atoms. The van der Waals surface area contributed by atoms with Crippen LogP contribution in [-0.4, -0.2) is 29.3 Å². The summed E-state index contributed by atoms with van der Waals surface area (Å²) in [6.45, 7) is 5.00. The summed E-state index contributed by atoms with van der Waals surface area (Å²) in [7, 11) is 0. The zero-order chi connectivity index (χ0) is 24.3. The van der Waals surface area contributed by atoms with Crippen molar-refractivity contribution in [3.8, 4) is 0 Å². The highest BCUT2D eigenvalue weighted by Crippen LogP contribution is 2.19. The molecule has 2 amide bonds. The molecule has 3 rings (SSSR count). The van der Waals surface area contributed by atoms with Gasteiger partial charge in [0.1, 0.15) is 6.04 Å². The van der Waals surface area contributed by atoms with Gasteiger partial charge in [0.05, 0.1) is 6.42 Å². The van der Waals surface area contributed by atoms with E-state index in [4.69, 9.17) is 11.6 Å². The maximum Gasteiger partial charge on any atom is 0.243 e. The van der Waals surface area contributed by atoms with E-state index in [0.717, 1.165) is 35.1 Å². The first-order chi connectivity index (χ1) is 16.5. The van der Waals surface area contributed by atoms with Crippen molar-refractivity contribution in [2.24, 2.45) is 0 Å². The summed E-state index contributed by atoms with van der Waals surface area (Å²) in [5, 5.41) is 3.66. The Morgan fingerprint density at radius 1 is 0.941 bits per heavy atom. The lowest BCUT2D eigenvalue weighted by Crippen LogP contribution is -2.51. The molecule has 1 atom stereocenters. The van der Waals surface area contributed by atoms with Gasteiger partial charge in [0.25, 0.3) is 0 Å². The molecular weight excluding hydrogens is 444 g/mol. The van der Waals surface area contributed by atoms with Crippen LogP contribution in [-0.2, 0) is 29.0 Å². The third kappa shape index (κ3) is 7.46. The van der Waals surface area contributed by atoms with Crippen LogP contribution < -0.4 is 5.32 Å². The van der Waals surface area contributed by atoms with Crippen molar-refractivity contribution in [1.82, 2.24) is 10.2 Å². The summed E-state index contributed by atoms with van der Waals surface area (Å²) in [5.74, 6) is -0.210. The highest BCUT2D eigenvalue weighted by molar-refractivity contribution is 6.30. The van der Waals surface area contributed by atoms with Crippen molar-refractivity contribution in [2.45, 2.75) is 52.1 Å². The van der Waals surface area contributed by atoms with E-state index < -0.39 is 6.04 Å². The van der Waals surface area contributed by atoms with Crippen LogP contribution >= 0.6 is 11.6 Å². The highest BCUT2D eigenvalue weighted by atomic mass is 35.5. The standard InChI is InChI=1S/C29H33ClN2O2/c1-3-4-17-31-29(34)27(19-23-12-6-5-7-13-23)32(21-24-14-10-16-26(30)18-24)28(33)20-25-15-9-8-11-22(25)2/h5-16,18,27H,3-4,17,19-21H2,1-2H3,(H,31,34). The molecule has 0 radical (unpaired) electrons. The lowest BCUT2D eigenvalue weighted by atomic mass is 10.00. The van der Waals surface area contributed by atoms with Gasteiger partial charge in [-0.25, -0.2) is 0 Å². The van der Waals surface area contributed by atoms with E-state index >= 15 is 0 Å². The molecule has 5 heteroatoms. The largest absolute Gasteiger partial charge is 0.354 e. The number of carbonyl (C=O) groups is 2. The number of aryl methyl sites for hydroxylation is 1. The predicted molar refractivity (Wildman–Crippen MR) is 139 cm³/mol. The average Bonchev–Trinajstić information content (AvgIpc) is 2.83. The molecule has 1 unspecified atom stereocenters. The second-order valence-corrected chi connectivity index (χ2v) is 9.04. The molecule has 4 nitrogen and oxygen atoms in total. The van der Waals surface area contributed by atoms with Crippen molar-refractivity contribution >= 4 is 23.4 Å². The molecule has 0 bridgehead atoms. The monoisotopic (exact) mass is 476 g/mol. The minimum Gasteiger partial charge on any atom is -0.354 e. The number of benzene rings is 3. The summed E-state index contributed by atoms with van der Waals surface area (Å²) in [6, 6.07) is 24.6. The zero-order valence-electron chi connectivity index (χ0n) is 20.0. The molecule has 178 valence electrons. The molecule has 0 aliphatic carbocycles. The Bertz CT molecular complexity index is 1080. The number of amides is 2. The Balaban J connectivity index is 1.95. The van der Waals surface area contributed by atoms with Crippen molar-refractivity contribution < 1.29 is 9.59 Å². The molecule has 3 aromatic rings. The van der Waals surface area contributed by atoms with Gasteiger partial charge >= 0.3 is 0 Å². The Morgan fingerprint density at radius 3 is 2.35 bits per heavy atom. The van der Waals surface area contributed by atoms with Gasteiger partial charge in [-0.2, -0.15) is 0 Å². The normalized spacial score (nSPS) is 11.6. The number of unbranched alkanes of at least 4 members (excludes halogenated alkanes) is 1. The van der Waals surface area contributed by atoms with Crippen LogP contribution in [0.4, 0.5) is 0 Å². The van der Waals surface area contributed by atoms with Crippen LogP contribution in [0, 0.1) is 6.92 Å². The molecule has 0 saturated carbocycles. The van der Waals surface area contributed by atoms with E-state index in [1.165, 1.54) is 0 Å². The Labute approximate surface area is 207 Å². The van der Waals surface area contributed by atoms with E-state index in [-0.39, 0.29) is 18.2 Å². The van der Waals surface area contributed by atoms with Crippen LogP contribution in [0.2, 0.25) is 5.02 Å². The Hall–Kier alpha value is -3.11. The van der Waals surface area contributed by atoms with Crippen molar-refractivity contribution in [3.63, 3.8) is 0 Å². The number of rotatable bonds is 11. The van der Waals surface area contributed by atoms with E-state index in [1.54, 1.807) is 4.90 Å². The molecule has 1 N–H and O–H groups in total. The second-order valence-electron chi connectivity index (χ2n) is 8.60. The van der Waals surface area contributed by atoms with Crippen LogP contribution in [0.25, 0.3) is 0 Å². The minimum atomic E-state index is -0.630. The topological polar surface area (TPSA) is 49.4 Å². The Kier molecular flexibility index (Phi) is 9.72. The summed E-state index contributed by atoms with van der Waals surface area (Å²) in [5.41, 5.74) is 3.93. The minimum absolute atomic E-state index is 0.0825. The highest BCUT2D eigenvalue weighted by Gasteiger charge is 2.30. The van der Waals surface area contributed by atoms with Gasteiger partial charge in [-0.05, 0) is 47.7 Å². The van der Waals surface area contributed by atoms with Crippen LogP contribution in [0.1, 0.15) is 42.0 Å². The second kappa shape index (κ2) is 13.0. The first-order valence-electron chi connectivity index (χ1n) is 11.9. The molecule has 0 aliphatic rings. The quantitative estimate of drug-likeness (QED) is 0.358. The summed E-state index contributed by atoms with van der Waals surface area (Å²) >= 11 is 6.23. The first kappa shape index (κ1) is 25.5. The predicted octanol–water partition coefficient (Wildman–Crippen LogP) is 5.75. The number of hydrogen-bond acceptors (Lipinski definition) is 2. The van der Waals surface area contributed by atoms with E-state index in [9.17, 15) is 9.59 Å². The molecule has 3 aromatic carbocycles. The van der Waals surface area contributed by atoms with Gasteiger partial charge in [0.15, 0.2) is 0 Å². The average molecular weight is 477 g/mol. The molecule has 0 aromatic heterocycles. The number of nitrogens with zero attached hydrogens (tertiary/aromatic N) is 1. The van der Waals surface area contributed by atoms with Crippen LogP contribution in [0.3, 0.4) is 0 Å². The van der Waals surface area contributed by atoms with E-state index in [0.29, 0.717) is 24.5 Å². The first-order valence-corrected chi connectivity index (χ1v) is 12.3. The molecule has 0 aliphatic heterocycles. The third-order valence-electron chi connectivity index (χ3n) is 5.95. The van der Waals surface area contributed by atoms with Crippen molar-refractivity contribution in [2.75, 3.05) is 6.54 Å². The molecule has 0 spiro atoms. The van der Waals surface area contributed by atoms with Gasteiger partial charge in [0.2, 0.25) is 11.8 Å². The van der Waals surface area contributed by atoms with Gasteiger partial charge in [-0.1, -0.05) is 91.7 Å². The van der Waals surface area contributed by atoms with Crippen LogP contribution in [0.5, 0.6) is 0 Å². The third-order valence-corrected chi connectivity index (χ3v) is 6.18. The molecule has 0 heterocycles. The fourth-order valence-electron chi connectivity index (χ4n) is 3.97. The van der Waals surface area contributed by atoms with E-state index in [2.05, 4.69) is 12.2 Å². The summed E-state index contributed by atoms with van der Waals surface area (Å²) in [4.78, 5) is 28.9. The lowest BCUT2D eigenvalue weighted by Gasteiger charge is -2.32. The van der Waals surface area contributed by atoms with Crippen molar-refractivity contribution in [1.29, 1.82) is 0 Å². The van der Waals surface area contributed by atoms with E-state index in [1.807, 2.05) is 85.8 Å². The summed E-state index contributed by atoms with van der Waals surface area (Å²) in [6.07, 6.45) is 2.57. The Morgan fingerprint density at radius 2 is 1.65 bits per heavy atom. The lowest BCUT2D eigenvalue weighted by molar-refractivity contribution is -0.140. The zero-order valence-corrected chi connectivity index (χ0v) is 20.7. The number of carbonyl (C=O) groups excluding carboxylic acids is 2. The molecule has 0 saturated heterocycles. The van der Waals surface area contributed by atoms with Gasteiger partial charge in [-0.3, -0.25) is 9.59 Å². The van der Waals surface area contributed by atoms with Gasteiger partial charge < -0.3 is 10.2 Å². The smallest absolute Gasteiger partial charge is 0.243 e. The summed E-state index contributed by atoms with van der Waals surface area (Å²) < 4.78 is 0. The molecule has 0 fully saturated rings. The van der Waals surface area contributed by atoms with Gasteiger partial charge in [0, 0.05) is 24.5 Å². The van der Waals surface area contributed by atoms with Gasteiger partial charge in [-0.15, -0.1) is 0 Å².